The lowest BCUT2D eigenvalue weighted by Crippen LogP contribution is -1.90. The number of benzene rings is 1. The number of nitrogens with zero attached hydrogens (tertiary/aromatic N) is 1. The Balaban J connectivity index is 2.69. The van der Waals surface area contributed by atoms with Gasteiger partial charge in [0.25, 0.3) is 0 Å². The third kappa shape index (κ3) is 1.92. The lowest BCUT2D eigenvalue weighted by atomic mass is 10.0. The molecular formula is C12H9BrFN. The summed E-state index contributed by atoms with van der Waals surface area (Å²) >= 11 is 3.35. The summed E-state index contributed by atoms with van der Waals surface area (Å²) in [5.41, 5.74) is 2.22. The first-order chi connectivity index (χ1) is 7.20. The lowest BCUT2D eigenvalue weighted by Gasteiger charge is -2.08. The number of pyridine rings is 1. The van der Waals surface area contributed by atoms with E-state index in [1.807, 2.05) is 19.1 Å². The van der Waals surface area contributed by atoms with Gasteiger partial charge in [-0.05, 0) is 25.1 Å². The Morgan fingerprint density at radius 1 is 1.20 bits per heavy atom. The molecule has 2 aromatic rings. The van der Waals surface area contributed by atoms with E-state index >= 15 is 0 Å². The molecule has 0 unspecified atom stereocenters. The maximum Gasteiger partial charge on any atom is 0.132 e. The maximum atomic E-state index is 13.7. The van der Waals surface area contributed by atoms with Gasteiger partial charge in [0.2, 0.25) is 0 Å². The zero-order valence-corrected chi connectivity index (χ0v) is 9.75. The van der Waals surface area contributed by atoms with Crippen molar-refractivity contribution in [2.75, 3.05) is 0 Å². The fourth-order valence-electron chi connectivity index (χ4n) is 1.50. The fourth-order valence-corrected chi connectivity index (χ4v) is 2.06. The third-order valence-electron chi connectivity index (χ3n) is 2.24. The SMILES string of the molecule is Cc1ncccc1-c1c(F)cccc1Br. The summed E-state index contributed by atoms with van der Waals surface area (Å²) in [6, 6.07) is 8.62. The largest absolute Gasteiger partial charge is 0.261 e. The predicted molar refractivity (Wildman–Crippen MR) is 62.1 cm³/mol. The van der Waals surface area contributed by atoms with Crippen LogP contribution < -0.4 is 0 Å². The summed E-state index contributed by atoms with van der Waals surface area (Å²) in [6.07, 6.45) is 1.70. The quantitative estimate of drug-likeness (QED) is 0.761. The van der Waals surface area contributed by atoms with Crippen LogP contribution in [0.3, 0.4) is 0 Å². The fraction of sp³-hybridized carbons (Fsp3) is 0.0833. The van der Waals surface area contributed by atoms with Gasteiger partial charge in [-0.3, -0.25) is 4.98 Å². The molecule has 0 atom stereocenters. The molecule has 15 heavy (non-hydrogen) atoms. The molecule has 2 rings (SSSR count). The standard InChI is InChI=1S/C12H9BrFN/c1-8-9(4-3-7-15-8)12-10(13)5-2-6-11(12)14/h2-7H,1H3. The number of rotatable bonds is 1. The van der Waals surface area contributed by atoms with Crippen LogP contribution in [0.15, 0.2) is 41.0 Å². The summed E-state index contributed by atoms with van der Waals surface area (Å²) in [7, 11) is 0. The first kappa shape index (κ1) is 10.3. The van der Waals surface area contributed by atoms with E-state index in [0.717, 1.165) is 15.7 Å². The number of hydrogen-bond donors (Lipinski definition) is 0. The lowest BCUT2D eigenvalue weighted by molar-refractivity contribution is 0.630. The van der Waals surface area contributed by atoms with Gasteiger partial charge >= 0.3 is 0 Å². The van der Waals surface area contributed by atoms with Crippen LogP contribution >= 0.6 is 15.9 Å². The molecule has 0 saturated heterocycles. The number of aromatic nitrogens is 1. The Morgan fingerprint density at radius 2 is 2.00 bits per heavy atom. The molecular weight excluding hydrogens is 257 g/mol. The molecule has 0 radical (unpaired) electrons. The summed E-state index contributed by atoms with van der Waals surface area (Å²) in [4.78, 5) is 4.15. The molecule has 1 aromatic heterocycles. The van der Waals surface area contributed by atoms with Gasteiger partial charge in [0.1, 0.15) is 5.82 Å². The Labute approximate surface area is 96.1 Å². The third-order valence-corrected chi connectivity index (χ3v) is 2.90. The monoisotopic (exact) mass is 265 g/mol. The van der Waals surface area contributed by atoms with Gasteiger partial charge < -0.3 is 0 Å². The van der Waals surface area contributed by atoms with E-state index in [1.165, 1.54) is 6.07 Å². The van der Waals surface area contributed by atoms with Crippen LogP contribution in [-0.2, 0) is 0 Å². The molecule has 1 nitrogen and oxygen atoms in total. The van der Waals surface area contributed by atoms with E-state index in [9.17, 15) is 4.39 Å². The van der Waals surface area contributed by atoms with Crippen molar-refractivity contribution in [3.8, 4) is 11.1 Å². The Kier molecular flexibility index (Phi) is 2.82. The first-order valence-corrected chi connectivity index (χ1v) is 5.35. The molecule has 0 fully saturated rings. The Hall–Kier alpha value is -1.22. The van der Waals surface area contributed by atoms with Gasteiger partial charge in [-0.1, -0.05) is 28.1 Å². The van der Waals surface area contributed by atoms with Gasteiger partial charge in [-0.2, -0.15) is 0 Å². The molecule has 0 aliphatic carbocycles. The van der Waals surface area contributed by atoms with Crippen molar-refractivity contribution in [1.82, 2.24) is 4.98 Å². The number of aryl methyl sites for hydroxylation is 1. The van der Waals surface area contributed by atoms with Crippen LogP contribution in [0.1, 0.15) is 5.69 Å². The molecule has 0 aliphatic rings. The first-order valence-electron chi connectivity index (χ1n) is 4.56. The zero-order valence-electron chi connectivity index (χ0n) is 8.17. The van der Waals surface area contributed by atoms with E-state index in [4.69, 9.17) is 0 Å². The predicted octanol–water partition coefficient (Wildman–Crippen LogP) is 3.96. The highest BCUT2D eigenvalue weighted by molar-refractivity contribution is 9.10. The Morgan fingerprint density at radius 3 is 2.67 bits per heavy atom. The molecule has 1 aromatic carbocycles. The second-order valence-electron chi connectivity index (χ2n) is 3.23. The normalized spacial score (nSPS) is 10.3. The molecule has 0 aliphatic heterocycles. The van der Waals surface area contributed by atoms with E-state index in [0.29, 0.717) is 5.56 Å². The van der Waals surface area contributed by atoms with E-state index < -0.39 is 0 Å². The van der Waals surface area contributed by atoms with Crippen LogP contribution in [0, 0.1) is 12.7 Å². The minimum absolute atomic E-state index is 0.236. The van der Waals surface area contributed by atoms with Crippen LogP contribution in [0.4, 0.5) is 4.39 Å². The smallest absolute Gasteiger partial charge is 0.132 e. The van der Waals surface area contributed by atoms with Crippen molar-refractivity contribution in [2.45, 2.75) is 6.92 Å². The second-order valence-corrected chi connectivity index (χ2v) is 4.09. The van der Waals surface area contributed by atoms with Gasteiger partial charge in [0, 0.05) is 27.5 Å². The van der Waals surface area contributed by atoms with Crippen LogP contribution in [0.25, 0.3) is 11.1 Å². The highest BCUT2D eigenvalue weighted by atomic mass is 79.9. The molecule has 0 spiro atoms. The van der Waals surface area contributed by atoms with Crippen molar-refractivity contribution in [3.05, 3.63) is 52.5 Å². The number of hydrogen-bond acceptors (Lipinski definition) is 1. The van der Waals surface area contributed by atoms with Crippen molar-refractivity contribution >= 4 is 15.9 Å². The summed E-state index contributed by atoms with van der Waals surface area (Å²) < 4.78 is 14.4. The maximum absolute atomic E-state index is 13.7. The van der Waals surface area contributed by atoms with Gasteiger partial charge in [-0.15, -0.1) is 0 Å². The van der Waals surface area contributed by atoms with Gasteiger partial charge in [0.15, 0.2) is 0 Å². The minimum atomic E-state index is -0.236. The Bertz CT molecular complexity index is 476. The molecule has 76 valence electrons. The topological polar surface area (TPSA) is 12.9 Å². The van der Waals surface area contributed by atoms with Crippen molar-refractivity contribution in [2.24, 2.45) is 0 Å². The minimum Gasteiger partial charge on any atom is -0.261 e. The molecule has 3 heteroatoms. The van der Waals surface area contributed by atoms with Crippen LogP contribution in [0.2, 0.25) is 0 Å². The van der Waals surface area contributed by atoms with Crippen molar-refractivity contribution in [3.63, 3.8) is 0 Å². The summed E-state index contributed by atoms with van der Waals surface area (Å²) in [6.45, 7) is 1.87. The average Bonchev–Trinajstić information content (AvgIpc) is 2.20. The van der Waals surface area contributed by atoms with E-state index in [1.54, 1.807) is 18.3 Å². The molecule has 1 heterocycles. The average molecular weight is 266 g/mol. The highest BCUT2D eigenvalue weighted by Gasteiger charge is 2.11. The van der Waals surface area contributed by atoms with Crippen molar-refractivity contribution in [1.29, 1.82) is 0 Å². The molecule has 0 N–H and O–H groups in total. The zero-order chi connectivity index (χ0) is 10.8. The van der Waals surface area contributed by atoms with Crippen LogP contribution in [0.5, 0.6) is 0 Å². The molecule has 0 bridgehead atoms. The van der Waals surface area contributed by atoms with Gasteiger partial charge in [-0.25, -0.2) is 4.39 Å². The highest BCUT2D eigenvalue weighted by Crippen LogP contribution is 2.31. The van der Waals surface area contributed by atoms with Crippen molar-refractivity contribution < 1.29 is 4.39 Å². The molecule has 0 amide bonds. The van der Waals surface area contributed by atoms with E-state index in [2.05, 4.69) is 20.9 Å². The second kappa shape index (κ2) is 4.11. The van der Waals surface area contributed by atoms with Gasteiger partial charge in [0.05, 0.1) is 0 Å². The summed E-state index contributed by atoms with van der Waals surface area (Å²) in [5, 5.41) is 0. The van der Waals surface area contributed by atoms with E-state index in [-0.39, 0.29) is 5.82 Å². The summed E-state index contributed by atoms with van der Waals surface area (Å²) in [5.74, 6) is -0.236. The van der Waals surface area contributed by atoms with Crippen LogP contribution in [-0.4, -0.2) is 4.98 Å². The number of halogens is 2. The molecule has 0 saturated carbocycles.